The van der Waals surface area contributed by atoms with Gasteiger partial charge in [0.1, 0.15) is 5.69 Å². The Hall–Kier alpha value is -1.30. The maximum absolute atomic E-state index is 12.2. The summed E-state index contributed by atoms with van der Waals surface area (Å²) in [5.41, 5.74) is -1.49. The number of aliphatic carboxylic acids is 1. The molecule has 0 unspecified atom stereocenters. The van der Waals surface area contributed by atoms with Crippen LogP contribution in [0.3, 0.4) is 0 Å². The van der Waals surface area contributed by atoms with Gasteiger partial charge in [0, 0.05) is 17.7 Å². The third-order valence-corrected chi connectivity index (χ3v) is 4.16. The van der Waals surface area contributed by atoms with E-state index in [-0.39, 0.29) is 5.91 Å². The van der Waals surface area contributed by atoms with Crippen molar-refractivity contribution in [1.29, 1.82) is 0 Å². The fourth-order valence-electron chi connectivity index (χ4n) is 1.52. The number of hydrogen-bond donors (Lipinski definition) is 2. The number of carboxylic acid groups (broad SMARTS) is 1. The Bertz CT molecular complexity index is 518. The Morgan fingerprint density at radius 3 is 2.21 bits per heavy atom. The molecular weight excluding hydrogens is 312 g/mol. The van der Waals surface area contributed by atoms with Gasteiger partial charge in [-0.2, -0.15) is 0 Å². The first-order valence-corrected chi connectivity index (χ1v) is 6.66. The Morgan fingerprint density at radius 2 is 1.84 bits per heavy atom. The number of carbonyl (C=O) groups is 2. The first kappa shape index (κ1) is 15.8. The molecule has 0 aliphatic heterocycles. The van der Waals surface area contributed by atoms with Crippen molar-refractivity contribution < 1.29 is 14.7 Å². The van der Waals surface area contributed by atoms with Crippen LogP contribution in [0.4, 0.5) is 0 Å². The van der Waals surface area contributed by atoms with Crippen molar-refractivity contribution in [3.05, 3.63) is 22.4 Å². The van der Waals surface area contributed by atoms with Crippen LogP contribution in [0.2, 0.25) is 0 Å². The van der Waals surface area contributed by atoms with Crippen molar-refractivity contribution in [2.24, 2.45) is 12.5 Å². The molecule has 0 saturated heterocycles. The number of rotatable bonds is 4. The lowest BCUT2D eigenvalue weighted by Gasteiger charge is -2.38. The first-order chi connectivity index (χ1) is 8.49. The van der Waals surface area contributed by atoms with Crippen molar-refractivity contribution in [3.8, 4) is 0 Å². The molecule has 0 fully saturated rings. The maximum Gasteiger partial charge on any atom is 0.311 e. The number of hydrogen-bond acceptors (Lipinski definition) is 2. The molecule has 1 rings (SSSR count). The summed E-state index contributed by atoms with van der Waals surface area (Å²) >= 11 is 3.30. The lowest BCUT2D eigenvalue weighted by atomic mass is 9.74. The summed E-state index contributed by atoms with van der Waals surface area (Å²) in [5, 5.41) is 12.0. The number of nitrogens with one attached hydrogen (secondary N) is 1. The van der Waals surface area contributed by atoms with Crippen molar-refractivity contribution in [2.45, 2.75) is 33.2 Å². The Labute approximate surface area is 121 Å². The molecule has 0 aromatic carbocycles. The number of halogens is 1. The van der Waals surface area contributed by atoms with Gasteiger partial charge in [0.25, 0.3) is 5.91 Å². The van der Waals surface area contributed by atoms with E-state index in [1.165, 1.54) is 0 Å². The van der Waals surface area contributed by atoms with Crippen LogP contribution in [0, 0.1) is 5.41 Å². The normalized spacial score (nSPS) is 12.3. The van der Waals surface area contributed by atoms with Crippen molar-refractivity contribution in [1.82, 2.24) is 9.88 Å². The van der Waals surface area contributed by atoms with Gasteiger partial charge >= 0.3 is 5.97 Å². The number of aryl methyl sites for hydroxylation is 1. The molecule has 6 heteroatoms. The monoisotopic (exact) mass is 330 g/mol. The summed E-state index contributed by atoms with van der Waals surface area (Å²) in [7, 11) is 1.76. The quantitative estimate of drug-likeness (QED) is 0.890. The van der Waals surface area contributed by atoms with Crippen molar-refractivity contribution in [3.63, 3.8) is 0 Å². The SMILES string of the molecule is Cn1cc(Br)cc1C(=O)NC(C)(C)C(C)(C)C(=O)O. The number of nitrogens with zero attached hydrogens (tertiary/aromatic N) is 1. The minimum absolute atomic E-state index is 0.299. The van der Waals surface area contributed by atoms with E-state index in [4.69, 9.17) is 0 Å². The lowest BCUT2D eigenvalue weighted by Crippen LogP contribution is -2.57. The number of carbonyl (C=O) groups excluding carboxylic acids is 1. The smallest absolute Gasteiger partial charge is 0.311 e. The Kier molecular flexibility index (Phi) is 4.14. The third-order valence-electron chi connectivity index (χ3n) is 3.73. The predicted molar refractivity (Wildman–Crippen MR) is 76.1 cm³/mol. The van der Waals surface area contributed by atoms with E-state index in [1.807, 2.05) is 0 Å². The van der Waals surface area contributed by atoms with E-state index < -0.39 is 16.9 Å². The summed E-state index contributed by atoms with van der Waals surface area (Å²) in [4.78, 5) is 23.5. The molecule has 0 atom stereocenters. The van der Waals surface area contributed by atoms with Crippen LogP contribution < -0.4 is 5.32 Å². The minimum atomic E-state index is -1.08. The number of aromatic nitrogens is 1. The van der Waals surface area contributed by atoms with E-state index in [2.05, 4.69) is 21.2 Å². The van der Waals surface area contributed by atoms with Gasteiger partial charge in [0.05, 0.1) is 11.0 Å². The van der Waals surface area contributed by atoms with Gasteiger partial charge in [0.2, 0.25) is 0 Å². The first-order valence-electron chi connectivity index (χ1n) is 5.87. The molecule has 0 spiro atoms. The molecule has 0 aliphatic carbocycles. The summed E-state index contributed by atoms with van der Waals surface area (Å²) in [5.74, 6) is -1.25. The van der Waals surface area contributed by atoms with Crippen LogP contribution in [0.15, 0.2) is 16.7 Å². The van der Waals surface area contributed by atoms with Gasteiger partial charge in [-0.1, -0.05) is 0 Å². The molecule has 1 heterocycles. The fourth-order valence-corrected chi connectivity index (χ4v) is 2.05. The van der Waals surface area contributed by atoms with E-state index in [1.54, 1.807) is 51.6 Å². The number of amides is 1. The number of carboxylic acids is 1. The molecule has 1 aromatic heterocycles. The third kappa shape index (κ3) is 3.00. The Balaban J connectivity index is 2.99. The van der Waals surface area contributed by atoms with Gasteiger partial charge in [-0.15, -0.1) is 0 Å². The zero-order valence-electron chi connectivity index (χ0n) is 11.7. The molecule has 106 valence electrons. The molecule has 0 aliphatic rings. The Morgan fingerprint density at radius 1 is 1.32 bits per heavy atom. The summed E-state index contributed by atoms with van der Waals surface area (Å²) in [6, 6.07) is 1.69. The van der Waals surface area contributed by atoms with Gasteiger partial charge in [0.15, 0.2) is 0 Å². The molecule has 0 saturated carbocycles. The van der Waals surface area contributed by atoms with Crippen molar-refractivity contribution in [2.75, 3.05) is 0 Å². The van der Waals surface area contributed by atoms with E-state index >= 15 is 0 Å². The summed E-state index contributed by atoms with van der Waals surface area (Å²) in [6.07, 6.45) is 1.77. The molecule has 0 radical (unpaired) electrons. The van der Waals surface area contributed by atoms with E-state index in [9.17, 15) is 14.7 Å². The van der Waals surface area contributed by atoms with Crippen LogP contribution in [0.25, 0.3) is 0 Å². The average Bonchev–Trinajstić information content (AvgIpc) is 2.56. The molecule has 2 N–H and O–H groups in total. The standard InChI is InChI=1S/C13H19BrN2O3/c1-12(2,11(18)19)13(3,4)15-10(17)9-6-8(14)7-16(9)5/h6-7H,1-5H3,(H,15,17)(H,18,19). The maximum atomic E-state index is 12.2. The molecule has 0 bridgehead atoms. The average molecular weight is 331 g/mol. The second kappa shape index (κ2) is 5.00. The topological polar surface area (TPSA) is 71.3 Å². The summed E-state index contributed by atoms with van der Waals surface area (Å²) < 4.78 is 2.49. The van der Waals surface area contributed by atoms with Crippen LogP contribution >= 0.6 is 15.9 Å². The van der Waals surface area contributed by atoms with Crippen LogP contribution in [0.5, 0.6) is 0 Å². The van der Waals surface area contributed by atoms with Crippen LogP contribution in [-0.4, -0.2) is 27.1 Å². The fraction of sp³-hybridized carbons (Fsp3) is 0.538. The molecular formula is C13H19BrN2O3. The molecule has 1 amide bonds. The van der Waals surface area contributed by atoms with Gasteiger partial charge in [-0.3, -0.25) is 9.59 Å². The molecule has 19 heavy (non-hydrogen) atoms. The second-order valence-electron chi connectivity index (χ2n) is 5.66. The van der Waals surface area contributed by atoms with Crippen molar-refractivity contribution >= 4 is 27.8 Å². The van der Waals surface area contributed by atoms with Gasteiger partial charge in [-0.05, 0) is 49.7 Å². The predicted octanol–water partition coefficient (Wildman–Crippen LogP) is 2.41. The lowest BCUT2D eigenvalue weighted by molar-refractivity contribution is -0.150. The highest BCUT2D eigenvalue weighted by Gasteiger charge is 2.44. The van der Waals surface area contributed by atoms with Crippen LogP contribution in [-0.2, 0) is 11.8 Å². The second-order valence-corrected chi connectivity index (χ2v) is 6.58. The minimum Gasteiger partial charge on any atom is -0.481 e. The molecule has 5 nitrogen and oxygen atoms in total. The summed E-state index contributed by atoms with van der Waals surface area (Å²) in [6.45, 7) is 6.60. The highest BCUT2D eigenvalue weighted by molar-refractivity contribution is 9.10. The largest absolute Gasteiger partial charge is 0.481 e. The van der Waals surface area contributed by atoms with E-state index in [0.717, 1.165) is 4.47 Å². The van der Waals surface area contributed by atoms with Gasteiger partial charge in [-0.25, -0.2) is 0 Å². The van der Waals surface area contributed by atoms with Crippen LogP contribution in [0.1, 0.15) is 38.2 Å². The zero-order valence-corrected chi connectivity index (χ0v) is 13.3. The van der Waals surface area contributed by atoms with Gasteiger partial charge < -0.3 is 15.0 Å². The van der Waals surface area contributed by atoms with E-state index in [0.29, 0.717) is 5.69 Å². The molecule has 1 aromatic rings. The highest BCUT2D eigenvalue weighted by atomic mass is 79.9. The zero-order chi connectivity index (χ0) is 15.0. The highest BCUT2D eigenvalue weighted by Crippen LogP contribution is 2.31.